The zero-order valence-corrected chi connectivity index (χ0v) is 15.5. The molecule has 6 N–H and O–H groups in total. The predicted molar refractivity (Wildman–Crippen MR) is 103 cm³/mol. The first-order valence-electron chi connectivity index (χ1n) is 8.39. The minimum atomic E-state index is -0.613. The molecule has 0 amide bonds. The van der Waals surface area contributed by atoms with E-state index in [-0.39, 0.29) is 34.1 Å². The van der Waals surface area contributed by atoms with Gasteiger partial charge in [0.2, 0.25) is 11.5 Å². The van der Waals surface area contributed by atoms with Crippen LogP contribution in [0.5, 0.6) is 46.0 Å². The number of aromatic hydroxyl groups is 6. The zero-order valence-electron chi connectivity index (χ0n) is 15.5. The fourth-order valence-corrected chi connectivity index (χ4v) is 3.03. The average molecular weight is 384 g/mol. The van der Waals surface area contributed by atoms with Crippen molar-refractivity contribution in [3.05, 3.63) is 47.0 Å². The van der Waals surface area contributed by atoms with Crippen LogP contribution in [0.25, 0.3) is 11.1 Å². The molecule has 0 aliphatic carbocycles. The van der Waals surface area contributed by atoms with E-state index in [1.807, 2.05) is 0 Å². The van der Waals surface area contributed by atoms with Crippen molar-refractivity contribution in [2.24, 2.45) is 0 Å². The van der Waals surface area contributed by atoms with Crippen molar-refractivity contribution in [3.8, 4) is 57.1 Å². The van der Waals surface area contributed by atoms with Crippen molar-refractivity contribution < 1.29 is 35.4 Å². The molecule has 0 heterocycles. The summed E-state index contributed by atoms with van der Waals surface area (Å²) in [6.07, 6.45) is 0. The van der Waals surface area contributed by atoms with Crippen LogP contribution in [0.3, 0.4) is 0 Å². The summed E-state index contributed by atoms with van der Waals surface area (Å²) in [5, 5.41) is 60.7. The Hall–Kier alpha value is -3.74. The number of rotatable bonds is 3. The highest BCUT2D eigenvalue weighted by molar-refractivity contribution is 5.84. The minimum Gasteiger partial charge on any atom is -0.504 e. The SMILES string of the molecule is Cc1cc(O)c(O)c(Oc2c(C)cc(-c3c(C)ccc(O)c3O)c(O)c2O)c1. The number of benzene rings is 3. The Morgan fingerprint density at radius 3 is 2.00 bits per heavy atom. The van der Waals surface area contributed by atoms with E-state index >= 15 is 0 Å². The van der Waals surface area contributed by atoms with Crippen LogP contribution in [0.2, 0.25) is 0 Å². The van der Waals surface area contributed by atoms with Crippen molar-refractivity contribution in [2.45, 2.75) is 20.8 Å². The quantitative estimate of drug-likeness (QED) is 0.371. The number of phenolic OH excluding ortho intramolecular Hbond substituents is 6. The van der Waals surface area contributed by atoms with Gasteiger partial charge in [-0.2, -0.15) is 0 Å². The molecule has 3 aromatic carbocycles. The van der Waals surface area contributed by atoms with Crippen LogP contribution in [0.15, 0.2) is 30.3 Å². The Labute approximate surface area is 161 Å². The number of hydrogen-bond donors (Lipinski definition) is 6. The van der Waals surface area contributed by atoms with E-state index in [4.69, 9.17) is 4.74 Å². The van der Waals surface area contributed by atoms with Gasteiger partial charge in [-0.25, -0.2) is 0 Å². The van der Waals surface area contributed by atoms with Crippen LogP contribution >= 0.6 is 0 Å². The second kappa shape index (κ2) is 6.77. The predicted octanol–water partition coefficient (Wildman–Crippen LogP) is 4.30. The Morgan fingerprint density at radius 1 is 0.643 bits per heavy atom. The average Bonchev–Trinajstić information content (AvgIpc) is 2.63. The molecular weight excluding hydrogens is 364 g/mol. The van der Waals surface area contributed by atoms with Gasteiger partial charge in [-0.15, -0.1) is 0 Å². The summed E-state index contributed by atoms with van der Waals surface area (Å²) in [5.74, 6) is -3.08. The Balaban J connectivity index is 2.17. The molecule has 0 aromatic heterocycles. The molecule has 0 aliphatic rings. The van der Waals surface area contributed by atoms with E-state index in [1.54, 1.807) is 26.8 Å². The number of aryl methyl sites for hydroxylation is 3. The molecule has 0 fully saturated rings. The molecule has 7 heteroatoms. The van der Waals surface area contributed by atoms with Crippen LogP contribution in [0.1, 0.15) is 16.7 Å². The summed E-state index contributed by atoms with van der Waals surface area (Å²) >= 11 is 0. The van der Waals surface area contributed by atoms with Gasteiger partial charge in [-0.3, -0.25) is 0 Å². The normalized spacial score (nSPS) is 10.8. The van der Waals surface area contributed by atoms with Gasteiger partial charge in [0.05, 0.1) is 0 Å². The first-order chi connectivity index (χ1) is 13.1. The van der Waals surface area contributed by atoms with Crippen molar-refractivity contribution in [1.82, 2.24) is 0 Å². The highest BCUT2D eigenvalue weighted by atomic mass is 16.5. The Morgan fingerprint density at radius 2 is 1.32 bits per heavy atom. The van der Waals surface area contributed by atoms with E-state index in [2.05, 4.69) is 0 Å². The molecular formula is C21H20O7. The van der Waals surface area contributed by atoms with Crippen LogP contribution in [0, 0.1) is 20.8 Å². The first-order valence-corrected chi connectivity index (χ1v) is 8.39. The largest absolute Gasteiger partial charge is 0.504 e. The molecule has 0 spiro atoms. The molecule has 146 valence electrons. The van der Waals surface area contributed by atoms with Crippen molar-refractivity contribution in [1.29, 1.82) is 0 Å². The van der Waals surface area contributed by atoms with Gasteiger partial charge in [-0.1, -0.05) is 6.07 Å². The highest BCUT2D eigenvalue weighted by Crippen LogP contribution is 2.51. The lowest BCUT2D eigenvalue weighted by Gasteiger charge is -2.18. The Kier molecular flexibility index (Phi) is 4.60. The van der Waals surface area contributed by atoms with Crippen molar-refractivity contribution >= 4 is 0 Å². The van der Waals surface area contributed by atoms with Crippen LogP contribution < -0.4 is 4.74 Å². The summed E-state index contributed by atoms with van der Waals surface area (Å²) in [5.41, 5.74) is 1.83. The third-order valence-electron chi connectivity index (χ3n) is 4.46. The molecule has 0 radical (unpaired) electrons. The molecule has 0 atom stereocenters. The lowest BCUT2D eigenvalue weighted by molar-refractivity contribution is 0.350. The molecule has 0 aliphatic heterocycles. The van der Waals surface area contributed by atoms with Gasteiger partial charge in [0.15, 0.2) is 34.5 Å². The number of ether oxygens (including phenoxy) is 1. The minimum absolute atomic E-state index is 0.0977. The van der Waals surface area contributed by atoms with Gasteiger partial charge >= 0.3 is 0 Å². The van der Waals surface area contributed by atoms with E-state index in [9.17, 15) is 30.6 Å². The van der Waals surface area contributed by atoms with Crippen molar-refractivity contribution in [3.63, 3.8) is 0 Å². The highest BCUT2D eigenvalue weighted by Gasteiger charge is 2.23. The lowest BCUT2D eigenvalue weighted by atomic mass is 9.95. The summed E-state index contributed by atoms with van der Waals surface area (Å²) in [6, 6.07) is 7.17. The second-order valence-electron chi connectivity index (χ2n) is 6.63. The van der Waals surface area contributed by atoms with E-state index in [1.165, 1.54) is 24.3 Å². The smallest absolute Gasteiger partial charge is 0.202 e. The van der Waals surface area contributed by atoms with Gasteiger partial charge in [0, 0.05) is 11.1 Å². The first kappa shape index (κ1) is 19.0. The summed E-state index contributed by atoms with van der Waals surface area (Å²) in [4.78, 5) is 0. The van der Waals surface area contributed by atoms with Gasteiger partial charge in [0.1, 0.15) is 0 Å². The summed E-state index contributed by atoms with van der Waals surface area (Å²) in [6.45, 7) is 4.96. The maximum absolute atomic E-state index is 10.5. The molecule has 0 bridgehead atoms. The topological polar surface area (TPSA) is 131 Å². The lowest BCUT2D eigenvalue weighted by Crippen LogP contribution is -1.94. The fourth-order valence-electron chi connectivity index (χ4n) is 3.03. The second-order valence-corrected chi connectivity index (χ2v) is 6.63. The molecule has 3 rings (SSSR count). The molecule has 3 aromatic rings. The van der Waals surface area contributed by atoms with Crippen LogP contribution in [-0.2, 0) is 0 Å². The molecule has 0 unspecified atom stereocenters. The monoisotopic (exact) mass is 384 g/mol. The van der Waals surface area contributed by atoms with Gasteiger partial charge in [0.25, 0.3) is 0 Å². The van der Waals surface area contributed by atoms with E-state index in [0.717, 1.165) is 0 Å². The van der Waals surface area contributed by atoms with Crippen LogP contribution in [-0.4, -0.2) is 30.6 Å². The molecule has 7 nitrogen and oxygen atoms in total. The fraction of sp³-hybridized carbons (Fsp3) is 0.143. The summed E-state index contributed by atoms with van der Waals surface area (Å²) < 4.78 is 5.56. The standard InChI is InChI=1S/C21H20O7/c1-9-6-14(23)18(25)15(7-9)28-21-11(3)8-12(17(24)20(21)27)16-10(2)4-5-13(22)19(16)26/h4-8,22-27H,1-3H3. The third kappa shape index (κ3) is 3.07. The number of hydrogen-bond acceptors (Lipinski definition) is 7. The molecule has 0 saturated heterocycles. The maximum atomic E-state index is 10.5. The maximum Gasteiger partial charge on any atom is 0.202 e. The zero-order chi connectivity index (χ0) is 20.7. The summed E-state index contributed by atoms with van der Waals surface area (Å²) in [7, 11) is 0. The van der Waals surface area contributed by atoms with Crippen LogP contribution in [0.4, 0.5) is 0 Å². The van der Waals surface area contributed by atoms with Crippen molar-refractivity contribution in [2.75, 3.05) is 0 Å². The van der Waals surface area contributed by atoms with Gasteiger partial charge in [-0.05, 0) is 61.7 Å². The third-order valence-corrected chi connectivity index (χ3v) is 4.46. The van der Waals surface area contributed by atoms with E-state index < -0.39 is 23.0 Å². The van der Waals surface area contributed by atoms with E-state index in [0.29, 0.717) is 16.7 Å². The molecule has 28 heavy (non-hydrogen) atoms. The Bertz CT molecular complexity index is 1090. The molecule has 0 saturated carbocycles. The number of phenols is 6. The van der Waals surface area contributed by atoms with Gasteiger partial charge < -0.3 is 35.4 Å².